The minimum Gasteiger partial charge on any atom is -0.476 e. The van der Waals surface area contributed by atoms with Gasteiger partial charge in [-0.3, -0.25) is 4.99 Å². The molecule has 0 spiro atoms. The number of nitrogens with one attached hydrogen (secondary N) is 1. The highest BCUT2D eigenvalue weighted by atomic mass is 16.5. The van der Waals surface area contributed by atoms with E-state index in [0.29, 0.717) is 0 Å². The van der Waals surface area contributed by atoms with E-state index in [1.54, 1.807) is 0 Å². The first kappa shape index (κ1) is 22.6. The van der Waals surface area contributed by atoms with Crippen molar-refractivity contribution in [3.63, 3.8) is 0 Å². The maximum absolute atomic E-state index is 10.8. The SMILES string of the molecule is OC1C=CC=CC1C1N=C(C2=Cc3c(ccc4ccccc34)C3C=CC=CC23)C=C(OC2CCCC2)N1. The number of aliphatic imine (C=N–C) groups is 1. The van der Waals surface area contributed by atoms with Gasteiger partial charge in [0.05, 0.1) is 11.8 Å². The molecule has 0 radical (unpaired) electrons. The molecule has 186 valence electrons. The minimum atomic E-state index is -0.589. The van der Waals surface area contributed by atoms with Crippen LogP contribution in [-0.2, 0) is 4.74 Å². The Hall–Kier alpha value is -3.63. The highest BCUT2D eigenvalue weighted by Crippen LogP contribution is 2.45. The molecule has 4 nitrogen and oxygen atoms in total. The van der Waals surface area contributed by atoms with Crippen LogP contribution in [0.15, 0.2) is 108 Å². The lowest BCUT2D eigenvalue weighted by Gasteiger charge is -2.36. The average Bonchev–Trinajstić information content (AvgIpc) is 3.45. The Labute approximate surface area is 218 Å². The van der Waals surface area contributed by atoms with Crippen LogP contribution in [0.3, 0.4) is 0 Å². The lowest BCUT2D eigenvalue weighted by molar-refractivity contribution is 0.0895. The molecule has 5 atom stereocenters. The van der Waals surface area contributed by atoms with Crippen LogP contribution in [-0.4, -0.2) is 29.2 Å². The van der Waals surface area contributed by atoms with Crippen LogP contribution in [0.2, 0.25) is 0 Å². The van der Waals surface area contributed by atoms with E-state index in [-0.39, 0.29) is 30.0 Å². The molecule has 0 aromatic heterocycles. The van der Waals surface area contributed by atoms with Crippen molar-refractivity contribution in [2.45, 2.75) is 50.0 Å². The van der Waals surface area contributed by atoms with Crippen LogP contribution in [0.25, 0.3) is 16.8 Å². The summed E-state index contributed by atoms with van der Waals surface area (Å²) in [6.45, 7) is 0. The first-order valence-corrected chi connectivity index (χ1v) is 13.6. The molecule has 0 amide bonds. The lowest BCUT2D eigenvalue weighted by Crippen LogP contribution is -2.43. The highest BCUT2D eigenvalue weighted by Gasteiger charge is 2.36. The van der Waals surface area contributed by atoms with Gasteiger partial charge in [-0.1, -0.05) is 85.0 Å². The summed E-state index contributed by atoms with van der Waals surface area (Å²) in [5, 5.41) is 16.8. The number of allylic oxidation sites excluding steroid dienone is 8. The van der Waals surface area contributed by atoms with Crippen molar-refractivity contribution in [1.82, 2.24) is 5.32 Å². The van der Waals surface area contributed by atoms with Crippen molar-refractivity contribution in [2.24, 2.45) is 16.8 Å². The molecule has 2 N–H and O–H groups in total. The van der Waals surface area contributed by atoms with Crippen LogP contribution in [0.4, 0.5) is 0 Å². The summed E-state index contributed by atoms with van der Waals surface area (Å²) < 4.78 is 6.49. The fourth-order valence-electron chi connectivity index (χ4n) is 6.49. The second-order valence-corrected chi connectivity index (χ2v) is 10.7. The molecule has 0 saturated heterocycles. The molecule has 2 aromatic carbocycles. The van der Waals surface area contributed by atoms with Crippen molar-refractivity contribution in [3.05, 3.63) is 114 Å². The quantitative estimate of drug-likeness (QED) is 0.528. The van der Waals surface area contributed by atoms with Crippen LogP contribution in [0, 0.1) is 11.8 Å². The molecule has 5 unspecified atom stereocenters. The molecule has 4 aliphatic carbocycles. The predicted molar refractivity (Wildman–Crippen MR) is 150 cm³/mol. The first-order valence-electron chi connectivity index (χ1n) is 13.6. The smallest absolute Gasteiger partial charge is 0.190 e. The summed E-state index contributed by atoms with van der Waals surface area (Å²) in [4.78, 5) is 5.23. The summed E-state index contributed by atoms with van der Waals surface area (Å²) in [5.41, 5.74) is 4.79. The Kier molecular flexibility index (Phi) is 5.70. The van der Waals surface area contributed by atoms with Gasteiger partial charge in [-0.15, -0.1) is 0 Å². The Morgan fingerprint density at radius 1 is 0.838 bits per heavy atom. The third-order valence-electron chi connectivity index (χ3n) is 8.40. The van der Waals surface area contributed by atoms with Crippen molar-refractivity contribution >= 4 is 22.6 Å². The topological polar surface area (TPSA) is 53.9 Å². The van der Waals surface area contributed by atoms with Gasteiger partial charge in [-0.05, 0) is 59.2 Å². The van der Waals surface area contributed by atoms with Crippen molar-refractivity contribution < 1.29 is 9.84 Å². The second-order valence-electron chi connectivity index (χ2n) is 10.7. The Morgan fingerprint density at radius 2 is 1.62 bits per heavy atom. The predicted octanol–water partition coefficient (Wildman–Crippen LogP) is 6.34. The van der Waals surface area contributed by atoms with E-state index in [0.717, 1.165) is 24.4 Å². The van der Waals surface area contributed by atoms with Gasteiger partial charge < -0.3 is 15.2 Å². The van der Waals surface area contributed by atoms with E-state index < -0.39 is 6.10 Å². The van der Waals surface area contributed by atoms with E-state index in [2.05, 4.69) is 78.2 Å². The molecule has 1 fully saturated rings. The number of rotatable bonds is 4. The van der Waals surface area contributed by atoms with Gasteiger partial charge >= 0.3 is 0 Å². The number of nitrogens with zero attached hydrogens (tertiary/aromatic N) is 1. The molecule has 5 aliphatic rings. The first-order chi connectivity index (χ1) is 18.2. The summed E-state index contributed by atoms with van der Waals surface area (Å²) >= 11 is 0. The van der Waals surface area contributed by atoms with Gasteiger partial charge in [0.15, 0.2) is 5.88 Å². The molecular weight excluding hydrogens is 456 g/mol. The Morgan fingerprint density at radius 3 is 2.49 bits per heavy atom. The largest absolute Gasteiger partial charge is 0.476 e. The number of aliphatic hydroxyl groups is 1. The van der Waals surface area contributed by atoms with Crippen molar-refractivity contribution in [3.8, 4) is 0 Å². The van der Waals surface area contributed by atoms with Gasteiger partial charge in [-0.25, -0.2) is 0 Å². The molecule has 1 heterocycles. The van der Waals surface area contributed by atoms with Crippen LogP contribution in [0.5, 0.6) is 0 Å². The van der Waals surface area contributed by atoms with Gasteiger partial charge in [0, 0.05) is 23.8 Å². The van der Waals surface area contributed by atoms with Gasteiger partial charge in [0.1, 0.15) is 12.3 Å². The third-order valence-corrected chi connectivity index (χ3v) is 8.40. The zero-order valence-electron chi connectivity index (χ0n) is 20.8. The van der Waals surface area contributed by atoms with Crippen molar-refractivity contribution in [2.75, 3.05) is 0 Å². The Balaban J connectivity index is 1.36. The monoisotopic (exact) mass is 488 g/mol. The van der Waals surface area contributed by atoms with Crippen LogP contribution < -0.4 is 5.32 Å². The zero-order chi connectivity index (χ0) is 24.8. The lowest BCUT2D eigenvalue weighted by atomic mass is 9.70. The molecule has 37 heavy (non-hydrogen) atoms. The summed E-state index contributed by atoms with van der Waals surface area (Å²) in [6, 6.07) is 13.2. The summed E-state index contributed by atoms with van der Waals surface area (Å²) in [7, 11) is 0. The number of aliphatic hydroxyl groups excluding tert-OH is 1. The average molecular weight is 489 g/mol. The van der Waals surface area contributed by atoms with E-state index >= 15 is 0 Å². The summed E-state index contributed by atoms with van der Waals surface area (Å²) in [5.74, 6) is 1.07. The van der Waals surface area contributed by atoms with Gasteiger partial charge in [0.2, 0.25) is 0 Å². The molecule has 7 rings (SSSR count). The number of benzene rings is 2. The van der Waals surface area contributed by atoms with Gasteiger partial charge in [-0.2, -0.15) is 0 Å². The van der Waals surface area contributed by atoms with E-state index in [1.807, 2.05) is 24.3 Å². The molecule has 1 saturated carbocycles. The molecule has 0 bridgehead atoms. The van der Waals surface area contributed by atoms with Gasteiger partial charge in [0.25, 0.3) is 0 Å². The number of fused-ring (bicyclic) bond motifs is 5. The molecule has 2 aromatic rings. The van der Waals surface area contributed by atoms with Crippen LogP contribution >= 0.6 is 0 Å². The number of hydrogen-bond donors (Lipinski definition) is 2. The number of ether oxygens (including phenoxy) is 1. The normalized spacial score (nSPS) is 30.3. The van der Waals surface area contributed by atoms with Crippen LogP contribution in [0.1, 0.15) is 42.7 Å². The fourth-order valence-corrected chi connectivity index (χ4v) is 6.49. The standard InChI is InChI=1S/C33H32N2O2/c36-31-16-8-7-15-27(31)33-34-30(20-32(35-33)37-22-10-2-3-11-22)29-19-28-23-12-4-1-9-21(23)17-18-26(28)24-13-5-6-14-25(24)29/h1,4-9,12-20,22,24-25,27,31,33,35-36H,2-3,10-11H2. The fraction of sp³-hybridized carbons (Fsp3) is 0.303. The summed E-state index contributed by atoms with van der Waals surface area (Å²) in [6.07, 6.45) is 25.1. The molecule has 4 heteroatoms. The molecular formula is C33H32N2O2. The maximum Gasteiger partial charge on any atom is 0.190 e. The Bertz CT molecular complexity index is 1430. The minimum absolute atomic E-state index is 0.161. The maximum atomic E-state index is 10.8. The third kappa shape index (κ3) is 4.10. The van der Waals surface area contributed by atoms with Crippen molar-refractivity contribution in [1.29, 1.82) is 0 Å². The highest BCUT2D eigenvalue weighted by molar-refractivity contribution is 6.14. The molecule has 1 aliphatic heterocycles. The van der Waals surface area contributed by atoms with E-state index in [4.69, 9.17) is 9.73 Å². The van der Waals surface area contributed by atoms with E-state index in [1.165, 1.54) is 40.3 Å². The number of hydrogen-bond acceptors (Lipinski definition) is 4. The second kappa shape index (κ2) is 9.35. The van der Waals surface area contributed by atoms with E-state index in [9.17, 15) is 5.11 Å². The zero-order valence-corrected chi connectivity index (χ0v) is 20.8.